The van der Waals surface area contributed by atoms with Crippen molar-refractivity contribution in [3.05, 3.63) is 0 Å². The van der Waals surface area contributed by atoms with Gasteiger partial charge in [-0.15, -0.1) is 0 Å². The van der Waals surface area contributed by atoms with Gasteiger partial charge in [0.25, 0.3) is 0 Å². The maximum atomic E-state index is 13.1. The van der Waals surface area contributed by atoms with E-state index < -0.39 is 35.8 Å². The molecule has 1 aliphatic rings. The first-order chi connectivity index (χ1) is 6.34. The predicted molar refractivity (Wildman–Crippen MR) is 38.1 cm³/mol. The number of halogens is 7. The molecule has 90 valence electrons. The van der Waals surface area contributed by atoms with Gasteiger partial charge in [0, 0.05) is 6.42 Å². The Morgan fingerprint density at radius 2 is 1.40 bits per heavy atom. The molecule has 0 aromatic rings. The summed E-state index contributed by atoms with van der Waals surface area (Å²) in [5.74, 6) is -18.1. The molecule has 0 bridgehead atoms. The summed E-state index contributed by atoms with van der Waals surface area (Å²) in [6.45, 7) is 1.17. The van der Waals surface area contributed by atoms with Gasteiger partial charge in [-0.05, 0) is 13.8 Å². The number of hydrogen-bond acceptors (Lipinski definition) is 0. The highest BCUT2D eigenvalue weighted by Crippen LogP contribution is 2.62. The predicted octanol–water partition coefficient (Wildman–Crippen LogP) is 3.66. The molecule has 1 atom stereocenters. The molecule has 0 amide bonds. The Morgan fingerprint density at radius 3 is 1.53 bits per heavy atom. The zero-order valence-corrected chi connectivity index (χ0v) is 7.93. The highest BCUT2D eigenvalue weighted by atomic mass is 19.3. The van der Waals surface area contributed by atoms with Crippen LogP contribution in [0.2, 0.25) is 0 Å². The van der Waals surface area contributed by atoms with Crippen LogP contribution in [0.3, 0.4) is 0 Å². The van der Waals surface area contributed by atoms with Crippen LogP contribution in [0.25, 0.3) is 0 Å². The quantitative estimate of drug-likeness (QED) is 0.611. The van der Waals surface area contributed by atoms with E-state index in [0.29, 0.717) is 13.8 Å². The SMILES string of the molecule is CC(C)(F)C1CC(F)(F)C(F)(F)C1(F)F. The van der Waals surface area contributed by atoms with Crippen LogP contribution in [0.1, 0.15) is 20.3 Å². The second kappa shape index (κ2) is 2.79. The summed E-state index contributed by atoms with van der Waals surface area (Å²) in [5, 5.41) is 0. The van der Waals surface area contributed by atoms with Crippen LogP contribution in [0, 0.1) is 5.92 Å². The molecule has 0 spiro atoms. The van der Waals surface area contributed by atoms with Crippen LogP contribution in [0.5, 0.6) is 0 Å². The van der Waals surface area contributed by atoms with Gasteiger partial charge in [0.15, 0.2) is 0 Å². The molecular weight excluding hydrogens is 229 g/mol. The van der Waals surface area contributed by atoms with Gasteiger partial charge in [0.1, 0.15) is 5.67 Å². The first-order valence-corrected chi connectivity index (χ1v) is 4.16. The third kappa shape index (κ3) is 1.50. The van der Waals surface area contributed by atoms with Gasteiger partial charge in [0.05, 0.1) is 5.92 Å². The summed E-state index contributed by atoms with van der Waals surface area (Å²) in [6, 6.07) is 0. The largest absolute Gasteiger partial charge is 0.372 e. The van der Waals surface area contributed by atoms with Crippen molar-refractivity contribution in [3.8, 4) is 0 Å². The van der Waals surface area contributed by atoms with Crippen LogP contribution in [-0.2, 0) is 0 Å². The third-order valence-corrected chi connectivity index (χ3v) is 2.60. The standard InChI is InChI=1S/C8H9F7/c1-5(2,9)4-3-6(10,11)8(14,15)7(4,12)13/h4H,3H2,1-2H3. The monoisotopic (exact) mass is 238 g/mol. The summed E-state index contributed by atoms with van der Waals surface area (Å²) in [7, 11) is 0. The van der Waals surface area contributed by atoms with E-state index >= 15 is 0 Å². The van der Waals surface area contributed by atoms with Gasteiger partial charge in [-0.3, -0.25) is 0 Å². The molecule has 15 heavy (non-hydrogen) atoms. The van der Waals surface area contributed by atoms with Crippen molar-refractivity contribution in [2.45, 2.75) is 43.7 Å². The molecule has 0 N–H and O–H groups in total. The molecule has 0 heterocycles. The van der Waals surface area contributed by atoms with Crippen molar-refractivity contribution in [2.75, 3.05) is 0 Å². The zero-order valence-electron chi connectivity index (χ0n) is 7.93. The lowest BCUT2D eigenvalue weighted by molar-refractivity contribution is -0.281. The number of rotatable bonds is 1. The maximum absolute atomic E-state index is 13.1. The summed E-state index contributed by atoms with van der Waals surface area (Å²) >= 11 is 0. The molecule has 0 radical (unpaired) electrons. The molecule has 1 saturated carbocycles. The van der Waals surface area contributed by atoms with E-state index in [9.17, 15) is 30.7 Å². The molecule has 1 unspecified atom stereocenters. The molecule has 7 heteroatoms. The van der Waals surface area contributed by atoms with Crippen molar-refractivity contribution in [3.63, 3.8) is 0 Å². The molecule has 1 rings (SSSR count). The van der Waals surface area contributed by atoms with Crippen LogP contribution < -0.4 is 0 Å². The summed E-state index contributed by atoms with van der Waals surface area (Å²) in [6.07, 6.45) is -1.85. The lowest BCUT2D eigenvalue weighted by atomic mass is 9.88. The van der Waals surface area contributed by atoms with Gasteiger partial charge < -0.3 is 0 Å². The Kier molecular flexibility index (Phi) is 2.34. The van der Waals surface area contributed by atoms with Gasteiger partial charge in [0.2, 0.25) is 0 Å². The second-order valence-corrected chi connectivity index (χ2v) is 4.22. The van der Waals surface area contributed by atoms with E-state index in [1.807, 2.05) is 0 Å². The van der Waals surface area contributed by atoms with E-state index in [0.717, 1.165) is 0 Å². The van der Waals surface area contributed by atoms with Crippen molar-refractivity contribution >= 4 is 0 Å². The van der Waals surface area contributed by atoms with Gasteiger partial charge >= 0.3 is 17.8 Å². The van der Waals surface area contributed by atoms with E-state index in [4.69, 9.17) is 0 Å². The summed E-state index contributed by atoms with van der Waals surface area (Å²) < 4.78 is 89.4. The second-order valence-electron chi connectivity index (χ2n) is 4.22. The lowest BCUT2D eigenvalue weighted by Crippen LogP contribution is -2.50. The minimum absolute atomic E-state index is 0.586. The van der Waals surface area contributed by atoms with E-state index in [2.05, 4.69) is 0 Å². The molecular formula is C8H9F7. The molecule has 0 nitrogen and oxygen atoms in total. The number of hydrogen-bond donors (Lipinski definition) is 0. The normalized spacial score (nSPS) is 33.0. The Hall–Kier alpha value is -0.490. The smallest absolute Gasteiger partial charge is 0.244 e. The highest BCUT2D eigenvalue weighted by Gasteiger charge is 2.82. The summed E-state index contributed by atoms with van der Waals surface area (Å²) in [5.41, 5.74) is -2.78. The molecule has 0 aliphatic heterocycles. The topological polar surface area (TPSA) is 0 Å². The Labute approximate surface area is 81.4 Å². The van der Waals surface area contributed by atoms with Crippen molar-refractivity contribution in [1.82, 2.24) is 0 Å². The van der Waals surface area contributed by atoms with Gasteiger partial charge in [-0.2, -0.15) is 26.3 Å². The molecule has 1 aliphatic carbocycles. The average molecular weight is 238 g/mol. The minimum atomic E-state index is -5.49. The maximum Gasteiger partial charge on any atom is 0.372 e. The zero-order chi connectivity index (χ0) is 12.3. The fraction of sp³-hybridized carbons (Fsp3) is 1.00. The molecule has 0 aromatic carbocycles. The molecule has 1 fully saturated rings. The van der Waals surface area contributed by atoms with E-state index in [1.165, 1.54) is 0 Å². The van der Waals surface area contributed by atoms with Crippen LogP contribution in [-0.4, -0.2) is 23.4 Å². The fourth-order valence-corrected chi connectivity index (χ4v) is 1.65. The first kappa shape index (κ1) is 12.6. The average Bonchev–Trinajstić information content (AvgIpc) is 2.07. The van der Waals surface area contributed by atoms with Gasteiger partial charge in [-0.1, -0.05) is 0 Å². The minimum Gasteiger partial charge on any atom is -0.244 e. The highest BCUT2D eigenvalue weighted by molar-refractivity contribution is 5.12. The van der Waals surface area contributed by atoms with Crippen molar-refractivity contribution < 1.29 is 30.7 Å². The van der Waals surface area contributed by atoms with Crippen molar-refractivity contribution in [1.29, 1.82) is 0 Å². The van der Waals surface area contributed by atoms with E-state index in [1.54, 1.807) is 0 Å². The molecule has 0 aromatic heterocycles. The van der Waals surface area contributed by atoms with Crippen LogP contribution >= 0.6 is 0 Å². The van der Waals surface area contributed by atoms with Crippen LogP contribution in [0.15, 0.2) is 0 Å². The van der Waals surface area contributed by atoms with E-state index in [-0.39, 0.29) is 0 Å². The Balaban J connectivity index is 3.20. The Morgan fingerprint density at radius 1 is 1.00 bits per heavy atom. The Bertz CT molecular complexity index is 263. The fourth-order valence-electron chi connectivity index (χ4n) is 1.65. The lowest BCUT2D eigenvalue weighted by Gasteiger charge is -2.29. The van der Waals surface area contributed by atoms with Gasteiger partial charge in [-0.25, -0.2) is 4.39 Å². The third-order valence-electron chi connectivity index (χ3n) is 2.60. The first-order valence-electron chi connectivity index (χ1n) is 4.16. The van der Waals surface area contributed by atoms with Crippen molar-refractivity contribution in [2.24, 2.45) is 5.92 Å². The molecule has 0 saturated heterocycles. The number of alkyl halides is 7. The van der Waals surface area contributed by atoms with Crippen LogP contribution in [0.4, 0.5) is 30.7 Å². The summed E-state index contributed by atoms with van der Waals surface area (Å²) in [4.78, 5) is 0.